The summed E-state index contributed by atoms with van der Waals surface area (Å²) in [5.41, 5.74) is -2.48. The van der Waals surface area contributed by atoms with Crippen LogP contribution in [0.25, 0.3) is 0 Å². The lowest BCUT2D eigenvalue weighted by Crippen LogP contribution is -2.62. The minimum absolute atomic E-state index is 0.392. The molecule has 0 spiro atoms. The predicted octanol–water partition coefficient (Wildman–Crippen LogP) is 1.41. The summed E-state index contributed by atoms with van der Waals surface area (Å²) in [5.74, 6) is -2.38. The van der Waals surface area contributed by atoms with Crippen LogP contribution in [-0.2, 0) is 9.59 Å². The number of aliphatic carboxylic acids is 2. The zero-order valence-electron chi connectivity index (χ0n) is 12.7. The molecule has 0 aromatic rings. The van der Waals surface area contributed by atoms with Crippen LogP contribution in [0.5, 0.6) is 0 Å². The molecule has 0 saturated heterocycles. The lowest BCUT2D eigenvalue weighted by molar-refractivity contribution is -0.349. The van der Waals surface area contributed by atoms with E-state index in [9.17, 15) is 19.8 Å². The third kappa shape index (κ3) is 2.84. The summed E-state index contributed by atoms with van der Waals surface area (Å²) in [7, 11) is 0. The highest BCUT2D eigenvalue weighted by Gasteiger charge is 2.53. The summed E-state index contributed by atoms with van der Waals surface area (Å²) in [5, 5.41) is 23.7. The molecule has 0 aromatic heterocycles. The van der Waals surface area contributed by atoms with Crippen LogP contribution in [0.15, 0.2) is 0 Å². The van der Waals surface area contributed by atoms with E-state index in [-0.39, 0.29) is 0 Å². The molecule has 1 aliphatic carbocycles. The first kappa shape index (κ1) is 17.0. The van der Waals surface area contributed by atoms with E-state index in [0.29, 0.717) is 25.7 Å². The van der Waals surface area contributed by atoms with Crippen molar-refractivity contribution < 1.29 is 19.8 Å². The Bertz CT molecular complexity index is 318. The molecule has 1 saturated carbocycles. The largest absolute Gasteiger partial charge is 0.550 e. The molecule has 4 nitrogen and oxygen atoms in total. The van der Waals surface area contributed by atoms with Crippen molar-refractivity contribution in [1.29, 1.82) is 0 Å². The molecule has 0 amide bonds. The van der Waals surface area contributed by atoms with Gasteiger partial charge in [-0.3, -0.25) is 0 Å². The van der Waals surface area contributed by atoms with Gasteiger partial charge < -0.3 is 19.8 Å². The normalized spacial score (nSPS) is 30.1. The third-order valence-electron chi connectivity index (χ3n) is 5.07. The quantitative estimate of drug-likeness (QED) is 0.674. The summed E-state index contributed by atoms with van der Waals surface area (Å²) < 4.78 is 0. The van der Waals surface area contributed by atoms with Gasteiger partial charge in [0.1, 0.15) is 0 Å². The minimum atomic E-state index is -1.24. The van der Waals surface area contributed by atoms with E-state index < -0.39 is 22.8 Å². The first-order chi connectivity index (χ1) is 9.47. The fraction of sp³-hybridized carbons (Fsp3) is 0.875. The van der Waals surface area contributed by atoms with Crippen LogP contribution in [0.1, 0.15) is 78.1 Å². The molecule has 0 aliphatic heterocycles. The van der Waals surface area contributed by atoms with Gasteiger partial charge in [-0.15, -0.1) is 0 Å². The van der Waals surface area contributed by atoms with Crippen molar-refractivity contribution in [3.8, 4) is 0 Å². The Morgan fingerprint density at radius 3 is 1.45 bits per heavy atom. The highest BCUT2D eigenvalue weighted by molar-refractivity contribution is 5.85. The van der Waals surface area contributed by atoms with Crippen LogP contribution in [0.2, 0.25) is 0 Å². The molecule has 0 N–H and O–H groups in total. The fourth-order valence-corrected chi connectivity index (χ4v) is 3.82. The van der Waals surface area contributed by atoms with E-state index in [1.807, 2.05) is 13.8 Å². The molecule has 1 rings (SSSR count). The molecule has 1 fully saturated rings. The van der Waals surface area contributed by atoms with Gasteiger partial charge in [0, 0.05) is 22.8 Å². The summed E-state index contributed by atoms with van der Waals surface area (Å²) in [6.45, 7) is 3.97. The summed E-state index contributed by atoms with van der Waals surface area (Å²) in [4.78, 5) is 23.7. The maximum Gasteiger partial charge on any atom is 0.0485 e. The van der Waals surface area contributed by atoms with E-state index in [4.69, 9.17) is 0 Å². The van der Waals surface area contributed by atoms with Crippen LogP contribution < -0.4 is 10.2 Å². The number of hydrogen-bond acceptors (Lipinski definition) is 4. The number of unbranched alkanes of at least 4 members (excludes halogenated alkanes) is 2. The Hall–Kier alpha value is -1.06. The Labute approximate surface area is 121 Å². The van der Waals surface area contributed by atoms with Crippen molar-refractivity contribution in [3.05, 3.63) is 0 Å². The Morgan fingerprint density at radius 2 is 1.20 bits per heavy atom. The second-order valence-electron chi connectivity index (χ2n) is 6.15. The molecule has 1 aliphatic rings. The van der Waals surface area contributed by atoms with Gasteiger partial charge in [-0.25, -0.2) is 0 Å². The molecular weight excluding hydrogens is 256 g/mol. The van der Waals surface area contributed by atoms with Gasteiger partial charge in [0.25, 0.3) is 0 Å². The lowest BCUT2D eigenvalue weighted by atomic mass is 9.52. The fourth-order valence-electron chi connectivity index (χ4n) is 3.82. The lowest BCUT2D eigenvalue weighted by Gasteiger charge is -2.55. The van der Waals surface area contributed by atoms with Crippen LogP contribution in [0.4, 0.5) is 0 Å². The number of carbonyl (C=O) groups is 2. The Balaban J connectivity index is 3.23. The Kier molecular flexibility index (Phi) is 6.03. The van der Waals surface area contributed by atoms with E-state index in [1.54, 1.807) is 0 Å². The van der Waals surface area contributed by atoms with Gasteiger partial charge in [0.15, 0.2) is 0 Å². The second kappa shape index (κ2) is 7.09. The van der Waals surface area contributed by atoms with Gasteiger partial charge in [-0.05, 0) is 25.7 Å². The van der Waals surface area contributed by atoms with Gasteiger partial charge in [0.05, 0.1) is 0 Å². The number of carboxylic acid groups (broad SMARTS) is 2. The third-order valence-corrected chi connectivity index (χ3v) is 5.07. The molecule has 0 bridgehead atoms. The molecular formula is C16H26O4-2. The van der Waals surface area contributed by atoms with E-state index in [0.717, 1.165) is 38.5 Å². The van der Waals surface area contributed by atoms with Crippen molar-refractivity contribution in [1.82, 2.24) is 0 Å². The first-order valence-corrected chi connectivity index (χ1v) is 7.89. The summed E-state index contributed by atoms with van der Waals surface area (Å²) >= 11 is 0. The molecule has 4 heteroatoms. The van der Waals surface area contributed by atoms with E-state index in [2.05, 4.69) is 0 Å². The van der Waals surface area contributed by atoms with Crippen molar-refractivity contribution in [2.24, 2.45) is 10.8 Å². The van der Waals surface area contributed by atoms with Crippen LogP contribution in [0, 0.1) is 10.8 Å². The first-order valence-electron chi connectivity index (χ1n) is 7.89. The zero-order valence-corrected chi connectivity index (χ0v) is 12.7. The van der Waals surface area contributed by atoms with Crippen molar-refractivity contribution >= 4 is 11.9 Å². The Morgan fingerprint density at radius 1 is 0.850 bits per heavy atom. The maximum absolute atomic E-state index is 11.9. The highest BCUT2D eigenvalue weighted by atomic mass is 16.4. The summed E-state index contributed by atoms with van der Waals surface area (Å²) in [6.07, 6.45) is 6.27. The van der Waals surface area contributed by atoms with Gasteiger partial charge in [0.2, 0.25) is 0 Å². The maximum atomic E-state index is 11.9. The predicted molar refractivity (Wildman–Crippen MR) is 72.4 cm³/mol. The highest BCUT2D eigenvalue weighted by Crippen LogP contribution is 2.56. The van der Waals surface area contributed by atoms with E-state index in [1.165, 1.54) is 0 Å². The van der Waals surface area contributed by atoms with Gasteiger partial charge >= 0.3 is 0 Å². The minimum Gasteiger partial charge on any atom is -0.550 e. The standard InChI is InChI=1S/C16H28O4/c1-3-5-9-15(13(17)18)11-7-8-12-16(15,14(19)20)10-6-4-2/h3-12H2,1-2H3,(H,17,18)(H,19,20)/p-2. The molecule has 0 radical (unpaired) electrons. The van der Waals surface area contributed by atoms with Gasteiger partial charge in [-0.1, -0.05) is 52.4 Å². The van der Waals surface area contributed by atoms with Crippen molar-refractivity contribution in [3.63, 3.8) is 0 Å². The number of hydrogen-bond donors (Lipinski definition) is 0. The summed E-state index contributed by atoms with van der Waals surface area (Å²) in [6, 6.07) is 0. The average Bonchev–Trinajstić information content (AvgIpc) is 2.43. The zero-order chi connectivity index (χ0) is 15.2. The molecule has 0 heterocycles. The molecule has 116 valence electrons. The smallest absolute Gasteiger partial charge is 0.0485 e. The van der Waals surface area contributed by atoms with Gasteiger partial charge in [-0.2, -0.15) is 0 Å². The van der Waals surface area contributed by atoms with Crippen molar-refractivity contribution in [2.45, 2.75) is 78.1 Å². The monoisotopic (exact) mass is 282 g/mol. The molecule has 2 atom stereocenters. The van der Waals surface area contributed by atoms with Crippen molar-refractivity contribution in [2.75, 3.05) is 0 Å². The van der Waals surface area contributed by atoms with Crippen LogP contribution >= 0.6 is 0 Å². The molecule has 2 unspecified atom stereocenters. The number of carbonyl (C=O) groups excluding carboxylic acids is 2. The topological polar surface area (TPSA) is 80.3 Å². The molecule has 0 aromatic carbocycles. The SMILES string of the molecule is CCCCC1(C(=O)[O-])CCCCC1(CCCC)C(=O)[O-]. The number of rotatable bonds is 8. The van der Waals surface area contributed by atoms with Crippen LogP contribution in [-0.4, -0.2) is 11.9 Å². The number of carboxylic acids is 2. The van der Waals surface area contributed by atoms with Crippen LogP contribution in [0.3, 0.4) is 0 Å². The van der Waals surface area contributed by atoms with E-state index >= 15 is 0 Å². The molecule has 20 heavy (non-hydrogen) atoms. The average molecular weight is 282 g/mol. The second-order valence-corrected chi connectivity index (χ2v) is 6.15.